The number of benzene rings is 1. The van der Waals surface area contributed by atoms with Crippen molar-refractivity contribution in [2.45, 2.75) is 32.7 Å². The monoisotopic (exact) mass is 374 g/mol. The Morgan fingerprint density at radius 1 is 1.19 bits per heavy atom. The normalized spacial score (nSPS) is 18.9. The maximum absolute atomic E-state index is 5.58. The van der Waals surface area contributed by atoms with Gasteiger partial charge >= 0.3 is 0 Å². The van der Waals surface area contributed by atoms with Gasteiger partial charge in [0.15, 0.2) is 5.96 Å². The SMILES string of the molecule is CN=C(NCCc1ccc2c(c1)CCO2)NCC(C(C)C)N1CCOCC1. The largest absolute Gasteiger partial charge is 0.493 e. The van der Waals surface area contributed by atoms with E-state index in [-0.39, 0.29) is 0 Å². The quantitative estimate of drug-likeness (QED) is 0.562. The summed E-state index contributed by atoms with van der Waals surface area (Å²) < 4.78 is 11.1. The number of ether oxygens (including phenoxy) is 2. The van der Waals surface area contributed by atoms with Crippen LogP contribution in [0.5, 0.6) is 5.75 Å². The number of rotatable bonds is 7. The maximum Gasteiger partial charge on any atom is 0.191 e. The summed E-state index contributed by atoms with van der Waals surface area (Å²) in [5.74, 6) is 2.51. The number of aliphatic imine (C=N–C) groups is 1. The highest BCUT2D eigenvalue weighted by molar-refractivity contribution is 5.79. The van der Waals surface area contributed by atoms with Gasteiger partial charge in [0.05, 0.1) is 19.8 Å². The Labute approximate surface area is 163 Å². The molecule has 6 heteroatoms. The minimum atomic E-state index is 0.490. The zero-order chi connectivity index (χ0) is 19.1. The first-order valence-corrected chi connectivity index (χ1v) is 10.2. The molecule has 1 aromatic rings. The first kappa shape index (κ1) is 20.0. The Hall–Kier alpha value is -1.79. The van der Waals surface area contributed by atoms with Crippen molar-refractivity contribution in [2.75, 3.05) is 53.0 Å². The molecule has 1 fully saturated rings. The predicted octanol–water partition coefficient (Wildman–Crippen LogP) is 1.69. The molecule has 0 spiro atoms. The highest BCUT2D eigenvalue weighted by atomic mass is 16.5. The van der Waals surface area contributed by atoms with Gasteiger partial charge in [-0.3, -0.25) is 9.89 Å². The molecule has 0 radical (unpaired) electrons. The van der Waals surface area contributed by atoms with Crippen molar-refractivity contribution in [1.29, 1.82) is 0 Å². The number of nitrogens with zero attached hydrogens (tertiary/aromatic N) is 2. The third kappa shape index (κ3) is 5.59. The molecule has 1 aromatic carbocycles. The molecule has 1 unspecified atom stereocenters. The van der Waals surface area contributed by atoms with Gasteiger partial charge in [0.2, 0.25) is 0 Å². The minimum Gasteiger partial charge on any atom is -0.493 e. The van der Waals surface area contributed by atoms with Gasteiger partial charge in [-0.05, 0) is 29.5 Å². The Morgan fingerprint density at radius 2 is 2.00 bits per heavy atom. The van der Waals surface area contributed by atoms with Crippen LogP contribution in [0.25, 0.3) is 0 Å². The van der Waals surface area contributed by atoms with E-state index < -0.39 is 0 Å². The van der Waals surface area contributed by atoms with Crippen molar-refractivity contribution in [3.05, 3.63) is 29.3 Å². The molecular weight excluding hydrogens is 340 g/mol. The van der Waals surface area contributed by atoms with Gasteiger partial charge in [-0.1, -0.05) is 26.0 Å². The lowest BCUT2D eigenvalue weighted by Gasteiger charge is -2.37. The van der Waals surface area contributed by atoms with Gasteiger partial charge in [0.25, 0.3) is 0 Å². The van der Waals surface area contributed by atoms with Crippen LogP contribution in [-0.4, -0.2) is 69.9 Å². The average Bonchev–Trinajstić information content (AvgIpc) is 3.15. The summed E-state index contributed by atoms with van der Waals surface area (Å²) >= 11 is 0. The van der Waals surface area contributed by atoms with Crippen molar-refractivity contribution in [2.24, 2.45) is 10.9 Å². The molecule has 2 aliphatic rings. The molecule has 0 aromatic heterocycles. The minimum absolute atomic E-state index is 0.490. The summed E-state index contributed by atoms with van der Waals surface area (Å²) in [6, 6.07) is 7.02. The third-order valence-electron chi connectivity index (χ3n) is 5.45. The summed E-state index contributed by atoms with van der Waals surface area (Å²) in [5, 5.41) is 6.96. The second-order valence-electron chi connectivity index (χ2n) is 7.63. The van der Waals surface area contributed by atoms with Crippen LogP contribution in [0, 0.1) is 5.92 Å². The summed E-state index contributed by atoms with van der Waals surface area (Å²) in [5.41, 5.74) is 2.68. The van der Waals surface area contributed by atoms with Crippen molar-refractivity contribution in [1.82, 2.24) is 15.5 Å². The topological polar surface area (TPSA) is 58.1 Å². The molecule has 27 heavy (non-hydrogen) atoms. The van der Waals surface area contributed by atoms with E-state index in [0.717, 1.165) is 70.6 Å². The van der Waals surface area contributed by atoms with Crippen molar-refractivity contribution >= 4 is 5.96 Å². The fourth-order valence-corrected chi connectivity index (χ4v) is 3.84. The van der Waals surface area contributed by atoms with E-state index in [9.17, 15) is 0 Å². The van der Waals surface area contributed by atoms with Gasteiger partial charge in [0.1, 0.15) is 5.75 Å². The van der Waals surface area contributed by atoms with Crippen molar-refractivity contribution < 1.29 is 9.47 Å². The molecular formula is C21H34N4O2. The standard InChI is InChI=1S/C21H34N4O2/c1-16(2)19(25-9-12-26-13-10-25)15-24-21(22-3)23-8-6-17-4-5-20-18(14-17)7-11-27-20/h4-5,14,16,19H,6-13,15H2,1-3H3,(H2,22,23,24). The second kappa shape index (κ2) is 9.95. The molecule has 2 aliphatic heterocycles. The zero-order valence-electron chi connectivity index (χ0n) is 17.0. The van der Waals surface area contributed by atoms with E-state index in [1.807, 2.05) is 7.05 Å². The van der Waals surface area contributed by atoms with E-state index in [1.165, 1.54) is 11.1 Å². The lowest BCUT2D eigenvalue weighted by molar-refractivity contribution is 0.00752. The molecule has 150 valence electrons. The lowest BCUT2D eigenvalue weighted by atomic mass is 10.0. The van der Waals surface area contributed by atoms with E-state index in [2.05, 4.69) is 52.6 Å². The molecule has 6 nitrogen and oxygen atoms in total. The Morgan fingerprint density at radius 3 is 2.74 bits per heavy atom. The zero-order valence-corrected chi connectivity index (χ0v) is 17.0. The fraction of sp³-hybridized carbons (Fsp3) is 0.667. The Balaban J connectivity index is 1.44. The molecule has 0 saturated carbocycles. The van der Waals surface area contributed by atoms with E-state index in [0.29, 0.717) is 12.0 Å². The van der Waals surface area contributed by atoms with Crippen LogP contribution < -0.4 is 15.4 Å². The third-order valence-corrected chi connectivity index (χ3v) is 5.45. The van der Waals surface area contributed by atoms with Crippen LogP contribution in [0.2, 0.25) is 0 Å². The summed E-state index contributed by atoms with van der Waals surface area (Å²) in [6.45, 7) is 10.8. The number of nitrogens with one attached hydrogen (secondary N) is 2. The maximum atomic E-state index is 5.58. The highest BCUT2D eigenvalue weighted by Crippen LogP contribution is 2.25. The fourth-order valence-electron chi connectivity index (χ4n) is 3.84. The van der Waals surface area contributed by atoms with E-state index in [1.54, 1.807) is 0 Å². The van der Waals surface area contributed by atoms with Crippen molar-refractivity contribution in [3.8, 4) is 5.75 Å². The van der Waals surface area contributed by atoms with E-state index in [4.69, 9.17) is 9.47 Å². The van der Waals surface area contributed by atoms with Gasteiger partial charge in [0, 0.05) is 45.7 Å². The molecule has 0 aliphatic carbocycles. The molecule has 1 saturated heterocycles. The van der Waals surface area contributed by atoms with Crippen LogP contribution in [0.1, 0.15) is 25.0 Å². The van der Waals surface area contributed by atoms with Crippen LogP contribution in [-0.2, 0) is 17.6 Å². The summed E-state index contributed by atoms with van der Waals surface area (Å²) in [7, 11) is 1.83. The lowest BCUT2D eigenvalue weighted by Crippen LogP contribution is -2.52. The van der Waals surface area contributed by atoms with Crippen LogP contribution in [0.4, 0.5) is 0 Å². The van der Waals surface area contributed by atoms with Crippen LogP contribution in [0.15, 0.2) is 23.2 Å². The Bertz CT molecular complexity index is 627. The second-order valence-corrected chi connectivity index (χ2v) is 7.63. The van der Waals surface area contributed by atoms with Crippen LogP contribution >= 0.6 is 0 Å². The van der Waals surface area contributed by atoms with Gasteiger partial charge in [-0.25, -0.2) is 0 Å². The molecule has 0 amide bonds. The van der Waals surface area contributed by atoms with Gasteiger partial charge in [-0.15, -0.1) is 0 Å². The first-order chi connectivity index (χ1) is 13.2. The molecule has 2 N–H and O–H groups in total. The number of hydrogen-bond donors (Lipinski definition) is 2. The number of hydrogen-bond acceptors (Lipinski definition) is 4. The average molecular weight is 375 g/mol. The highest BCUT2D eigenvalue weighted by Gasteiger charge is 2.23. The molecule has 1 atom stereocenters. The van der Waals surface area contributed by atoms with Gasteiger partial charge in [-0.2, -0.15) is 0 Å². The number of fused-ring (bicyclic) bond motifs is 1. The molecule has 2 heterocycles. The van der Waals surface area contributed by atoms with Gasteiger partial charge < -0.3 is 20.1 Å². The Kier molecular flexibility index (Phi) is 7.35. The van der Waals surface area contributed by atoms with Crippen LogP contribution in [0.3, 0.4) is 0 Å². The number of morpholine rings is 1. The first-order valence-electron chi connectivity index (χ1n) is 10.2. The van der Waals surface area contributed by atoms with Crippen molar-refractivity contribution in [3.63, 3.8) is 0 Å². The number of guanidine groups is 1. The molecule has 3 rings (SSSR count). The predicted molar refractivity (Wildman–Crippen MR) is 110 cm³/mol. The molecule has 0 bridgehead atoms. The summed E-state index contributed by atoms with van der Waals surface area (Å²) in [6.07, 6.45) is 2.00. The smallest absolute Gasteiger partial charge is 0.191 e. The summed E-state index contributed by atoms with van der Waals surface area (Å²) in [4.78, 5) is 6.91. The van der Waals surface area contributed by atoms with E-state index >= 15 is 0 Å².